The Morgan fingerprint density at radius 2 is 1.65 bits per heavy atom. The van der Waals surface area contributed by atoms with Gasteiger partial charge in [0.25, 0.3) is 0 Å². The molecular weight excluding hydrogens is 290 g/mol. The fourth-order valence-electron chi connectivity index (χ4n) is 2.88. The maximum Gasteiger partial charge on any atom is 0.240 e. The van der Waals surface area contributed by atoms with Crippen LogP contribution in [0.2, 0.25) is 0 Å². The summed E-state index contributed by atoms with van der Waals surface area (Å²) in [7, 11) is 0. The van der Waals surface area contributed by atoms with Gasteiger partial charge in [-0.25, -0.2) is 14.9 Å². The van der Waals surface area contributed by atoms with Crippen LogP contribution < -0.4 is 4.90 Å². The molecule has 5 nitrogen and oxygen atoms in total. The molecule has 1 saturated heterocycles. The third-order valence-corrected chi connectivity index (χ3v) is 4.01. The van der Waals surface area contributed by atoms with Crippen LogP contribution in [0.1, 0.15) is 28.9 Å². The highest BCUT2D eigenvalue weighted by Gasteiger charge is 2.40. The zero-order valence-electron chi connectivity index (χ0n) is 13.5. The van der Waals surface area contributed by atoms with E-state index in [-0.39, 0.29) is 30.1 Å². The molecule has 1 atom stereocenters. The topological polar surface area (TPSA) is 63.2 Å². The number of hydrogen-bond acceptors (Lipinski definition) is 4. The molecule has 118 valence electrons. The molecule has 2 amide bonds. The summed E-state index contributed by atoms with van der Waals surface area (Å²) in [4.78, 5) is 34.5. The van der Waals surface area contributed by atoms with Crippen LogP contribution in [0.15, 0.2) is 30.3 Å². The number of carbonyl (C=O) groups is 2. The highest BCUT2D eigenvalue weighted by atomic mass is 16.2. The summed E-state index contributed by atoms with van der Waals surface area (Å²) < 4.78 is 0. The van der Waals surface area contributed by atoms with Gasteiger partial charge in [0, 0.05) is 17.8 Å². The second-order valence-corrected chi connectivity index (χ2v) is 6.11. The molecule has 3 rings (SSSR count). The van der Waals surface area contributed by atoms with Crippen LogP contribution in [0.25, 0.3) is 0 Å². The van der Waals surface area contributed by atoms with Crippen molar-refractivity contribution < 1.29 is 9.59 Å². The smallest absolute Gasteiger partial charge is 0.240 e. The third-order valence-electron chi connectivity index (χ3n) is 4.01. The van der Waals surface area contributed by atoms with Crippen molar-refractivity contribution in [2.24, 2.45) is 5.92 Å². The van der Waals surface area contributed by atoms with Gasteiger partial charge in [0.05, 0.1) is 5.92 Å². The van der Waals surface area contributed by atoms with Crippen molar-refractivity contribution in [2.75, 3.05) is 4.90 Å². The molecular formula is C18H19N3O2. The van der Waals surface area contributed by atoms with Gasteiger partial charge in [0.15, 0.2) is 0 Å². The van der Waals surface area contributed by atoms with Gasteiger partial charge in [-0.3, -0.25) is 9.59 Å². The van der Waals surface area contributed by atoms with Gasteiger partial charge in [-0.05, 0) is 38.8 Å². The van der Waals surface area contributed by atoms with E-state index < -0.39 is 0 Å². The van der Waals surface area contributed by atoms with Crippen LogP contribution in [-0.4, -0.2) is 21.8 Å². The highest BCUT2D eigenvalue weighted by Crippen LogP contribution is 2.27. The first kappa shape index (κ1) is 15.3. The normalized spacial score (nSPS) is 17.9. The van der Waals surface area contributed by atoms with E-state index in [1.165, 1.54) is 5.56 Å². The summed E-state index contributed by atoms with van der Waals surface area (Å²) in [6, 6.07) is 9.85. The number of nitrogens with zero attached hydrogens (tertiary/aromatic N) is 3. The second-order valence-electron chi connectivity index (χ2n) is 6.11. The Hall–Kier alpha value is -2.56. The lowest BCUT2D eigenvalue weighted by molar-refractivity contribution is -0.122. The lowest BCUT2D eigenvalue weighted by atomic mass is 9.97. The molecule has 5 heteroatoms. The summed E-state index contributed by atoms with van der Waals surface area (Å²) >= 11 is 0. The van der Waals surface area contributed by atoms with Crippen LogP contribution in [0, 0.1) is 26.7 Å². The van der Waals surface area contributed by atoms with Gasteiger partial charge in [-0.1, -0.05) is 29.8 Å². The van der Waals surface area contributed by atoms with E-state index in [1.807, 2.05) is 51.1 Å². The van der Waals surface area contributed by atoms with Crippen molar-refractivity contribution in [3.8, 4) is 0 Å². The van der Waals surface area contributed by atoms with Gasteiger partial charge in [0.2, 0.25) is 17.8 Å². The number of amides is 2. The van der Waals surface area contributed by atoms with Gasteiger partial charge in [-0.2, -0.15) is 0 Å². The maximum absolute atomic E-state index is 12.6. The maximum atomic E-state index is 12.6. The molecule has 1 aliphatic heterocycles. The van der Waals surface area contributed by atoms with Crippen LogP contribution in [0.3, 0.4) is 0 Å². The van der Waals surface area contributed by atoms with Crippen molar-refractivity contribution in [3.63, 3.8) is 0 Å². The molecule has 1 aromatic carbocycles. The summed E-state index contributed by atoms with van der Waals surface area (Å²) in [5.74, 6) is -0.573. The van der Waals surface area contributed by atoms with Crippen molar-refractivity contribution in [1.29, 1.82) is 0 Å². The van der Waals surface area contributed by atoms with Gasteiger partial charge in [-0.15, -0.1) is 0 Å². The Bertz CT molecular complexity index is 748. The molecule has 2 aromatic rings. The van der Waals surface area contributed by atoms with Crippen LogP contribution in [0.4, 0.5) is 5.95 Å². The number of hydrogen-bond donors (Lipinski definition) is 0. The predicted octanol–water partition coefficient (Wildman–Crippen LogP) is 2.52. The fourth-order valence-corrected chi connectivity index (χ4v) is 2.88. The Kier molecular flexibility index (Phi) is 3.94. The average molecular weight is 309 g/mol. The van der Waals surface area contributed by atoms with Crippen LogP contribution in [0.5, 0.6) is 0 Å². The second kappa shape index (κ2) is 5.91. The molecule has 1 fully saturated rings. The first-order chi connectivity index (χ1) is 10.9. The fraction of sp³-hybridized carbons (Fsp3) is 0.333. The SMILES string of the molecule is Cc1ccc(C[C@H]2CC(=O)N(c3nc(C)cc(C)n3)C2=O)cc1. The summed E-state index contributed by atoms with van der Waals surface area (Å²) in [6.45, 7) is 5.67. The van der Waals surface area contributed by atoms with Gasteiger partial charge >= 0.3 is 0 Å². The number of benzene rings is 1. The van der Waals surface area contributed by atoms with Crippen molar-refractivity contribution >= 4 is 17.8 Å². The van der Waals surface area contributed by atoms with Gasteiger partial charge < -0.3 is 0 Å². The Balaban J connectivity index is 1.83. The molecule has 1 aliphatic rings. The van der Waals surface area contributed by atoms with Crippen molar-refractivity contribution in [2.45, 2.75) is 33.6 Å². The quantitative estimate of drug-likeness (QED) is 0.817. The summed E-state index contributed by atoms with van der Waals surface area (Å²) in [5, 5.41) is 0. The van der Waals surface area contributed by atoms with E-state index in [2.05, 4.69) is 9.97 Å². The first-order valence-corrected chi connectivity index (χ1v) is 7.68. The molecule has 0 N–H and O–H groups in total. The monoisotopic (exact) mass is 309 g/mol. The van der Waals surface area contributed by atoms with Gasteiger partial charge in [0.1, 0.15) is 0 Å². The summed E-state index contributed by atoms with van der Waals surface area (Å²) in [5.41, 5.74) is 3.72. The summed E-state index contributed by atoms with van der Waals surface area (Å²) in [6.07, 6.45) is 0.773. The molecule has 23 heavy (non-hydrogen) atoms. The third kappa shape index (κ3) is 3.13. The number of imide groups is 1. The lowest BCUT2D eigenvalue weighted by Crippen LogP contribution is -2.32. The number of carbonyl (C=O) groups excluding carboxylic acids is 2. The Morgan fingerprint density at radius 3 is 2.26 bits per heavy atom. The number of rotatable bonds is 3. The van der Waals surface area contributed by atoms with Crippen molar-refractivity contribution in [3.05, 3.63) is 52.8 Å². The number of aryl methyl sites for hydroxylation is 3. The van der Waals surface area contributed by atoms with E-state index in [0.717, 1.165) is 21.9 Å². The Morgan fingerprint density at radius 1 is 1.04 bits per heavy atom. The molecule has 0 spiro atoms. The minimum atomic E-state index is -0.338. The predicted molar refractivity (Wildman–Crippen MR) is 87.0 cm³/mol. The zero-order valence-corrected chi connectivity index (χ0v) is 13.5. The molecule has 2 heterocycles. The Labute approximate surface area is 135 Å². The van der Waals surface area contributed by atoms with Crippen molar-refractivity contribution in [1.82, 2.24) is 9.97 Å². The number of aromatic nitrogens is 2. The highest BCUT2D eigenvalue weighted by molar-refractivity contribution is 6.20. The molecule has 0 bridgehead atoms. The van der Waals surface area contributed by atoms with E-state index in [1.54, 1.807) is 0 Å². The molecule has 1 aromatic heterocycles. The standard InChI is InChI=1S/C18H19N3O2/c1-11-4-6-14(7-5-11)9-15-10-16(22)21(17(15)23)18-19-12(2)8-13(3)20-18/h4-8,15H,9-10H2,1-3H3/t15-/m0/s1. The zero-order chi connectivity index (χ0) is 16.6. The lowest BCUT2D eigenvalue weighted by Gasteiger charge is -2.14. The molecule has 0 saturated carbocycles. The molecule has 0 radical (unpaired) electrons. The number of anilines is 1. The first-order valence-electron chi connectivity index (χ1n) is 7.68. The molecule has 0 aliphatic carbocycles. The average Bonchev–Trinajstić information content (AvgIpc) is 2.75. The largest absolute Gasteiger partial charge is 0.274 e. The van der Waals surface area contributed by atoms with E-state index >= 15 is 0 Å². The van der Waals surface area contributed by atoms with E-state index in [9.17, 15) is 9.59 Å². The minimum absolute atomic E-state index is 0.198. The molecule has 0 unspecified atom stereocenters. The van der Waals surface area contributed by atoms with Crippen LogP contribution >= 0.6 is 0 Å². The minimum Gasteiger partial charge on any atom is -0.274 e. The van der Waals surface area contributed by atoms with E-state index in [0.29, 0.717) is 6.42 Å². The van der Waals surface area contributed by atoms with E-state index in [4.69, 9.17) is 0 Å². The van der Waals surface area contributed by atoms with Crippen LogP contribution in [-0.2, 0) is 16.0 Å².